The van der Waals surface area contributed by atoms with Crippen LogP contribution in [0.5, 0.6) is 11.5 Å². The lowest BCUT2D eigenvalue weighted by Gasteiger charge is -2.11. The highest BCUT2D eigenvalue weighted by Gasteiger charge is 2.11. The summed E-state index contributed by atoms with van der Waals surface area (Å²) in [7, 11) is 0. The first-order valence-corrected chi connectivity index (χ1v) is 9.40. The van der Waals surface area contributed by atoms with Crippen molar-refractivity contribution in [3.63, 3.8) is 0 Å². The Bertz CT molecular complexity index is 897. The van der Waals surface area contributed by atoms with Gasteiger partial charge in [-0.3, -0.25) is 9.59 Å². The summed E-state index contributed by atoms with van der Waals surface area (Å²) >= 11 is 0. The lowest BCUT2D eigenvalue weighted by atomic mass is 10.1. The van der Waals surface area contributed by atoms with Crippen LogP contribution >= 0.6 is 0 Å². The number of carbonyl (C=O) groups is 2. The van der Waals surface area contributed by atoms with Gasteiger partial charge >= 0.3 is 6.61 Å². The number of ether oxygens (including phenoxy) is 2. The number of anilines is 1. The quantitative estimate of drug-likeness (QED) is 0.589. The number of hydrogen-bond acceptors (Lipinski definition) is 4. The molecule has 2 aromatic rings. The predicted octanol–water partition coefficient (Wildman–Crippen LogP) is 4.48. The van der Waals surface area contributed by atoms with Gasteiger partial charge in [0.25, 0.3) is 5.91 Å². The van der Waals surface area contributed by atoms with E-state index < -0.39 is 6.61 Å². The molecule has 2 amide bonds. The first-order chi connectivity index (χ1) is 14.3. The van der Waals surface area contributed by atoms with Crippen molar-refractivity contribution in [1.82, 2.24) is 5.32 Å². The standard InChI is InChI=1S/C22H24F2N2O4/c1-4-29-19-13-15(5-11-18(19)30-22(23)24)6-12-20(27)26-17-9-7-16(8-10-17)21(28)25-14(2)3/h5-14,22H,4H2,1-3H3,(H,25,28)(H,26,27)/b12-6+. The monoisotopic (exact) mass is 418 g/mol. The second kappa shape index (κ2) is 10.9. The molecule has 2 aromatic carbocycles. The minimum Gasteiger partial charge on any atom is -0.490 e. The van der Waals surface area contributed by atoms with Crippen LogP contribution < -0.4 is 20.1 Å². The molecule has 160 valence electrons. The largest absolute Gasteiger partial charge is 0.490 e. The van der Waals surface area contributed by atoms with Crippen LogP contribution in [0.2, 0.25) is 0 Å². The fourth-order valence-electron chi connectivity index (χ4n) is 2.50. The number of rotatable bonds is 9. The van der Waals surface area contributed by atoms with Gasteiger partial charge in [0, 0.05) is 23.4 Å². The highest BCUT2D eigenvalue weighted by Crippen LogP contribution is 2.30. The summed E-state index contributed by atoms with van der Waals surface area (Å²) in [4.78, 5) is 24.1. The normalized spacial score (nSPS) is 11.0. The maximum absolute atomic E-state index is 12.5. The fourth-order valence-corrected chi connectivity index (χ4v) is 2.50. The zero-order valence-electron chi connectivity index (χ0n) is 16.9. The maximum atomic E-state index is 12.5. The van der Waals surface area contributed by atoms with E-state index in [1.807, 2.05) is 13.8 Å². The van der Waals surface area contributed by atoms with Crippen molar-refractivity contribution in [2.45, 2.75) is 33.4 Å². The Morgan fingerprint density at radius 1 is 1.07 bits per heavy atom. The summed E-state index contributed by atoms with van der Waals surface area (Å²) in [5, 5.41) is 5.47. The van der Waals surface area contributed by atoms with E-state index in [0.717, 1.165) is 0 Å². The molecule has 0 heterocycles. The molecule has 0 bridgehead atoms. The lowest BCUT2D eigenvalue weighted by molar-refractivity contribution is -0.111. The average molecular weight is 418 g/mol. The molecular formula is C22H24F2N2O4. The Morgan fingerprint density at radius 3 is 2.37 bits per heavy atom. The summed E-state index contributed by atoms with van der Waals surface area (Å²) in [6.45, 7) is 2.78. The van der Waals surface area contributed by atoms with Crippen LogP contribution in [0.4, 0.5) is 14.5 Å². The minimum atomic E-state index is -2.96. The second-order valence-electron chi connectivity index (χ2n) is 6.55. The van der Waals surface area contributed by atoms with E-state index in [4.69, 9.17) is 4.74 Å². The molecule has 0 aromatic heterocycles. The Morgan fingerprint density at radius 2 is 1.77 bits per heavy atom. The highest BCUT2D eigenvalue weighted by molar-refractivity contribution is 6.02. The smallest absolute Gasteiger partial charge is 0.387 e. The minimum absolute atomic E-state index is 0.0289. The van der Waals surface area contributed by atoms with Crippen LogP contribution in [0.1, 0.15) is 36.7 Å². The molecule has 0 saturated carbocycles. The summed E-state index contributed by atoms with van der Waals surface area (Å²) in [6, 6.07) is 10.9. The van der Waals surface area contributed by atoms with E-state index in [-0.39, 0.29) is 36.0 Å². The molecule has 2 N–H and O–H groups in total. The lowest BCUT2D eigenvalue weighted by Crippen LogP contribution is -2.29. The number of alkyl halides is 2. The SMILES string of the molecule is CCOc1cc(/C=C/C(=O)Nc2ccc(C(=O)NC(C)C)cc2)ccc1OC(F)F. The molecular weight excluding hydrogens is 394 g/mol. The average Bonchev–Trinajstić information content (AvgIpc) is 2.68. The van der Waals surface area contributed by atoms with Crippen LogP contribution in [0, 0.1) is 0 Å². The van der Waals surface area contributed by atoms with Crippen molar-refractivity contribution in [3.05, 3.63) is 59.7 Å². The molecule has 8 heteroatoms. The van der Waals surface area contributed by atoms with Crippen molar-refractivity contribution >= 4 is 23.6 Å². The van der Waals surface area contributed by atoms with Gasteiger partial charge in [0.1, 0.15) is 0 Å². The molecule has 0 spiro atoms. The van der Waals surface area contributed by atoms with Gasteiger partial charge in [-0.1, -0.05) is 6.07 Å². The summed E-state index contributed by atoms with van der Waals surface area (Å²) < 4.78 is 34.6. The third-order valence-electron chi connectivity index (χ3n) is 3.75. The topological polar surface area (TPSA) is 76.7 Å². The Hall–Kier alpha value is -3.42. The molecule has 0 atom stereocenters. The molecule has 0 saturated heterocycles. The van der Waals surface area contributed by atoms with E-state index in [1.165, 1.54) is 30.4 Å². The third-order valence-corrected chi connectivity index (χ3v) is 3.75. The third kappa shape index (κ3) is 7.20. The van der Waals surface area contributed by atoms with Crippen molar-refractivity contribution in [2.75, 3.05) is 11.9 Å². The number of hydrogen-bond donors (Lipinski definition) is 2. The van der Waals surface area contributed by atoms with Gasteiger partial charge in [0.2, 0.25) is 5.91 Å². The molecule has 0 aliphatic rings. The molecule has 30 heavy (non-hydrogen) atoms. The Labute approximate surface area is 173 Å². The maximum Gasteiger partial charge on any atom is 0.387 e. The van der Waals surface area contributed by atoms with E-state index in [1.54, 1.807) is 31.2 Å². The van der Waals surface area contributed by atoms with E-state index in [2.05, 4.69) is 15.4 Å². The van der Waals surface area contributed by atoms with Gasteiger partial charge in [-0.15, -0.1) is 0 Å². The first kappa shape index (κ1) is 22.9. The second-order valence-corrected chi connectivity index (χ2v) is 6.55. The Balaban J connectivity index is 2.02. The zero-order valence-corrected chi connectivity index (χ0v) is 16.9. The molecule has 0 unspecified atom stereocenters. The van der Waals surface area contributed by atoms with Crippen molar-refractivity contribution in [3.8, 4) is 11.5 Å². The van der Waals surface area contributed by atoms with Gasteiger partial charge in [-0.2, -0.15) is 8.78 Å². The molecule has 0 aliphatic carbocycles. The van der Waals surface area contributed by atoms with Crippen LogP contribution in [0.25, 0.3) is 6.08 Å². The number of nitrogens with one attached hydrogen (secondary N) is 2. The van der Waals surface area contributed by atoms with Crippen LogP contribution in [0.15, 0.2) is 48.5 Å². The van der Waals surface area contributed by atoms with Crippen molar-refractivity contribution in [2.24, 2.45) is 0 Å². The molecule has 6 nitrogen and oxygen atoms in total. The fraction of sp³-hybridized carbons (Fsp3) is 0.273. The first-order valence-electron chi connectivity index (χ1n) is 9.40. The van der Waals surface area contributed by atoms with Crippen LogP contribution in [-0.2, 0) is 4.79 Å². The van der Waals surface area contributed by atoms with E-state index in [0.29, 0.717) is 16.8 Å². The molecule has 0 aliphatic heterocycles. The molecule has 2 rings (SSSR count). The van der Waals surface area contributed by atoms with E-state index in [9.17, 15) is 18.4 Å². The van der Waals surface area contributed by atoms with Gasteiger partial charge in [0.05, 0.1) is 6.61 Å². The van der Waals surface area contributed by atoms with Gasteiger partial charge in [0.15, 0.2) is 11.5 Å². The molecule has 0 fully saturated rings. The van der Waals surface area contributed by atoms with Gasteiger partial charge in [-0.05, 0) is 68.8 Å². The predicted molar refractivity (Wildman–Crippen MR) is 111 cm³/mol. The number of carbonyl (C=O) groups excluding carboxylic acids is 2. The molecule has 0 radical (unpaired) electrons. The van der Waals surface area contributed by atoms with Crippen molar-refractivity contribution < 1.29 is 27.8 Å². The number of amides is 2. The van der Waals surface area contributed by atoms with Crippen LogP contribution in [-0.4, -0.2) is 31.1 Å². The number of benzene rings is 2. The van der Waals surface area contributed by atoms with Gasteiger partial charge in [-0.25, -0.2) is 0 Å². The van der Waals surface area contributed by atoms with Crippen molar-refractivity contribution in [1.29, 1.82) is 0 Å². The Kier molecular flexibility index (Phi) is 8.34. The summed E-state index contributed by atoms with van der Waals surface area (Å²) in [5.41, 5.74) is 1.60. The zero-order chi connectivity index (χ0) is 22.1. The van der Waals surface area contributed by atoms with E-state index >= 15 is 0 Å². The van der Waals surface area contributed by atoms with Gasteiger partial charge < -0.3 is 20.1 Å². The van der Waals surface area contributed by atoms with Crippen LogP contribution in [0.3, 0.4) is 0 Å². The highest BCUT2D eigenvalue weighted by atomic mass is 19.3. The summed E-state index contributed by atoms with van der Waals surface area (Å²) in [6.07, 6.45) is 2.83. The summed E-state index contributed by atoms with van der Waals surface area (Å²) in [5.74, 6) is -0.488. The number of halogens is 2.